The van der Waals surface area contributed by atoms with E-state index in [4.69, 9.17) is 10.6 Å². The third-order valence-electron chi connectivity index (χ3n) is 2.75. The van der Waals surface area contributed by atoms with Crippen LogP contribution in [-0.2, 0) is 6.61 Å². The maximum absolute atomic E-state index is 13.6. The van der Waals surface area contributed by atoms with Crippen LogP contribution < -0.4 is 16.0 Å². The van der Waals surface area contributed by atoms with Gasteiger partial charge < -0.3 is 10.2 Å². The highest BCUT2D eigenvalue weighted by Gasteiger charge is 2.17. The Labute approximate surface area is 128 Å². The number of nitrogens with zero attached hydrogens (tertiary/aromatic N) is 1. The summed E-state index contributed by atoms with van der Waals surface area (Å²) < 4.78 is 19.6. The fraction of sp³-hybridized carbons (Fsp3) is 0.0769. The maximum Gasteiger partial charge on any atom is 0.294 e. The van der Waals surface area contributed by atoms with Crippen LogP contribution in [0, 0.1) is 15.9 Å². The number of nitrogens with two attached hydrogens (primary N) is 1. The molecule has 2 rings (SSSR count). The minimum absolute atomic E-state index is 0.0406. The van der Waals surface area contributed by atoms with Gasteiger partial charge in [-0.3, -0.25) is 16.0 Å². The fourth-order valence-electron chi connectivity index (χ4n) is 1.77. The number of hydrogen-bond donors (Lipinski definition) is 2. The summed E-state index contributed by atoms with van der Waals surface area (Å²) >= 11 is 3.21. The number of nitrogen functional groups attached to an aromatic ring is 1. The van der Waals surface area contributed by atoms with E-state index in [0.717, 1.165) is 0 Å². The number of para-hydroxylation sites is 1. The summed E-state index contributed by atoms with van der Waals surface area (Å²) in [6.45, 7) is -0.0609. The Morgan fingerprint density at radius 2 is 2.14 bits per heavy atom. The van der Waals surface area contributed by atoms with Crippen LogP contribution in [0.3, 0.4) is 0 Å². The van der Waals surface area contributed by atoms with Gasteiger partial charge in [0, 0.05) is 16.1 Å². The Bertz CT molecular complexity index is 682. The summed E-state index contributed by atoms with van der Waals surface area (Å²) in [4.78, 5) is 10.4. The van der Waals surface area contributed by atoms with Gasteiger partial charge in [-0.1, -0.05) is 28.1 Å². The highest BCUT2D eigenvalue weighted by molar-refractivity contribution is 9.10. The van der Waals surface area contributed by atoms with Crippen molar-refractivity contribution in [3.63, 3.8) is 0 Å². The number of nitro benzene ring substituents is 1. The number of nitro groups is 1. The highest BCUT2D eigenvalue weighted by atomic mass is 79.9. The third-order valence-corrected chi connectivity index (χ3v) is 3.24. The maximum atomic E-state index is 13.6. The van der Waals surface area contributed by atoms with Crippen molar-refractivity contribution in [3.05, 3.63) is 62.4 Å². The van der Waals surface area contributed by atoms with E-state index >= 15 is 0 Å². The summed E-state index contributed by atoms with van der Waals surface area (Å²) in [6, 6.07) is 8.71. The molecule has 0 aliphatic heterocycles. The zero-order chi connectivity index (χ0) is 15.4. The van der Waals surface area contributed by atoms with Crippen molar-refractivity contribution in [2.75, 3.05) is 5.43 Å². The highest BCUT2D eigenvalue weighted by Crippen LogP contribution is 2.29. The first-order valence-corrected chi connectivity index (χ1v) is 6.63. The Morgan fingerprint density at radius 3 is 2.81 bits per heavy atom. The molecule has 0 bridgehead atoms. The largest absolute Gasteiger partial charge is 0.486 e. The van der Waals surface area contributed by atoms with Gasteiger partial charge in [0.05, 0.1) is 4.92 Å². The van der Waals surface area contributed by atoms with Crippen molar-refractivity contribution >= 4 is 27.3 Å². The SMILES string of the molecule is NNc1c(COc2cc(Br)ccc2F)cccc1[N+](=O)[O-]. The molecule has 0 saturated carbocycles. The van der Waals surface area contributed by atoms with Crippen LogP contribution >= 0.6 is 15.9 Å². The summed E-state index contributed by atoms with van der Waals surface area (Å²) in [5.74, 6) is 4.84. The van der Waals surface area contributed by atoms with Crippen LogP contribution in [0.5, 0.6) is 5.75 Å². The van der Waals surface area contributed by atoms with Crippen molar-refractivity contribution in [1.29, 1.82) is 0 Å². The second-order valence-corrected chi connectivity index (χ2v) is 4.99. The van der Waals surface area contributed by atoms with Gasteiger partial charge in [0.2, 0.25) is 0 Å². The lowest BCUT2D eigenvalue weighted by Crippen LogP contribution is -2.12. The first-order valence-electron chi connectivity index (χ1n) is 5.83. The van der Waals surface area contributed by atoms with E-state index in [-0.39, 0.29) is 23.7 Å². The number of anilines is 1. The lowest BCUT2D eigenvalue weighted by molar-refractivity contribution is -0.384. The predicted molar refractivity (Wildman–Crippen MR) is 79.3 cm³/mol. The Hall–Kier alpha value is -2.19. The van der Waals surface area contributed by atoms with Crippen molar-refractivity contribution in [1.82, 2.24) is 0 Å². The van der Waals surface area contributed by atoms with E-state index in [0.29, 0.717) is 10.0 Å². The number of hydrazine groups is 1. The van der Waals surface area contributed by atoms with Crippen molar-refractivity contribution in [3.8, 4) is 5.75 Å². The van der Waals surface area contributed by atoms with Gasteiger partial charge in [0.25, 0.3) is 5.69 Å². The quantitative estimate of drug-likeness (QED) is 0.487. The molecule has 0 aliphatic carbocycles. The van der Waals surface area contributed by atoms with E-state index in [9.17, 15) is 14.5 Å². The molecule has 8 heteroatoms. The topological polar surface area (TPSA) is 90.4 Å². The molecule has 2 aromatic carbocycles. The van der Waals surface area contributed by atoms with E-state index < -0.39 is 10.7 Å². The predicted octanol–water partition coefficient (Wildman–Crippen LogP) is 3.36. The monoisotopic (exact) mass is 355 g/mol. The van der Waals surface area contributed by atoms with Gasteiger partial charge in [-0.2, -0.15) is 0 Å². The molecule has 0 amide bonds. The van der Waals surface area contributed by atoms with Gasteiger partial charge in [0.1, 0.15) is 12.3 Å². The summed E-state index contributed by atoms with van der Waals surface area (Å²) in [5, 5.41) is 10.9. The van der Waals surface area contributed by atoms with E-state index in [1.165, 1.54) is 24.3 Å². The molecule has 0 unspecified atom stereocenters. The smallest absolute Gasteiger partial charge is 0.294 e. The van der Waals surface area contributed by atoms with Crippen LogP contribution in [0.15, 0.2) is 40.9 Å². The Morgan fingerprint density at radius 1 is 1.38 bits per heavy atom. The number of rotatable bonds is 5. The van der Waals surface area contributed by atoms with Gasteiger partial charge in [-0.05, 0) is 18.2 Å². The molecule has 0 fully saturated rings. The first-order chi connectivity index (χ1) is 10.0. The second kappa shape index (κ2) is 6.51. The van der Waals surface area contributed by atoms with E-state index in [1.54, 1.807) is 12.1 Å². The number of nitrogens with one attached hydrogen (secondary N) is 1. The Kier molecular flexibility index (Phi) is 4.71. The molecule has 110 valence electrons. The molecule has 0 heterocycles. The zero-order valence-corrected chi connectivity index (χ0v) is 12.3. The lowest BCUT2D eigenvalue weighted by atomic mass is 10.1. The van der Waals surface area contributed by atoms with Crippen LogP contribution in [-0.4, -0.2) is 4.92 Å². The molecule has 0 saturated heterocycles. The van der Waals surface area contributed by atoms with E-state index in [2.05, 4.69) is 21.4 Å². The molecular formula is C13H11BrFN3O3. The van der Waals surface area contributed by atoms with Crippen LogP contribution in [0.25, 0.3) is 0 Å². The molecule has 6 nitrogen and oxygen atoms in total. The third kappa shape index (κ3) is 3.47. The average Bonchev–Trinajstić information content (AvgIpc) is 2.47. The van der Waals surface area contributed by atoms with Crippen molar-refractivity contribution in [2.45, 2.75) is 6.61 Å². The fourth-order valence-corrected chi connectivity index (χ4v) is 2.11. The minimum atomic E-state index is -0.557. The molecule has 21 heavy (non-hydrogen) atoms. The molecule has 0 atom stereocenters. The molecule has 0 spiro atoms. The van der Waals surface area contributed by atoms with E-state index in [1.807, 2.05) is 0 Å². The van der Waals surface area contributed by atoms with Gasteiger partial charge in [-0.25, -0.2) is 4.39 Å². The number of hydrogen-bond acceptors (Lipinski definition) is 5. The van der Waals surface area contributed by atoms with Crippen LogP contribution in [0.2, 0.25) is 0 Å². The summed E-state index contributed by atoms with van der Waals surface area (Å²) in [7, 11) is 0. The number of benzene rings is 2. The lowest BCUT2D eigenvalue weighted by Gasteiger charge is -2.11. The zero-order valence-electron chi connectivity index (χ0n) is 10.7. The number of halogens is 2. The molecule has 3 N–H and O–H groups in total. The molecular weight excluding hydrogens is 345 g/mol. The van der Waals surface area contributed by atoms with Gasteiger partial charge in [0.15, 0.2) is 11.6 Å². The molecule has 2 aromatic rings. The summed E-state index contributed by atoms with van der Waals surface area (Å²) in [6.07, 6.45) is 0. The Balaban J connectivity index is 2.26. The molecule has 0 aromatic heterocycles. The standard InChI is InChI=1S/C13H11BrFN3O3/c14-9-4-5-10(15)12(6-9)21-7-8-2-1-3-11(18(19)20)13(8)17-16/h1-6,17H,7,16H2. The second-order valence-electron chi connectivity index (χ2n) is 4.08. The van der Waals surface area contributed by atoms with Crippen molar-refractivity contribution in [2.24, 2.45) is 5.84 Å². The van der Waals surface area contributed by atoms with Gasteiger partial charge >= 0.3 is 0 Å². The molecule has 0 radical (unpaired) electrons. The van der Waals surface area contributed by atoms with Crippen molar-refractivity contribution < 1.29 is 14.1 Å². The minimum Gasteiger partial charge on any atom is -0.486 e. The first kappa shape index (κ1) is 15.2. The summed E-state index contributed by atoms with van der Waals surface area (Å²) in [5.41, 5.74) is 2.70. The van der Waals surface area contributed by atoms with Crippen LogP contribution in [0.1, 0.15) is 5.56 Å². The average molecular weight is 356 g/mol. The van der Waals surface area contributed by atoms with Gasteiger partial charge in [-0.15, -0.1) is 0 Å². The van der Waals surface area contributed by atoms with Crippen LogP contribution in [0.4, 0.5) is 15.8 Å². The molecule has 0 aliphatic rings. The number of ether oxygens (including phenoxy) is 1. The normalized spacial score (nSPS) is 10.2.